The summed E-state index contributed by atoms with van der Waals surface area (Å²) < 4.78 is 85.4. The Labute approximate surface area is 255 Å². The van der Waals surface area contributed by atoms with Crippen molar-refractivity contribution in [2.75, 3.05) is 13.7 Å². The van der Waals surface area contributed by atoms with Crippen LogP contribution in [0, 0.1) is 18.6 Å². The third-order valence-corrected chi connectivity index (χ3v) is 6.85. The average molecular weight is 635 g/mol. The van der Waals surface area contributed by atoms with Crippen LogP contribution in [0.5, 0.6) is 11.6 Å². The van der Waals surface area contributed by atoms with Crippen LogP contribution in [-0.2, 0) is 18.0 Å². The number of methoxy groups -OCH3 is 1. The number of hydrogen-bond donors (Lipinski definition) is 2. The Hall–Kier alpha value is -4.88. The molecule has 14 heteroatoms. The highest BCUT2D eigenvalue weighted by Crippen LogP contribution is 2.30. The van der Waals surface area contributed by atoms with Crippen molar-refractivity contribution in [3.8, 4) is 11.6 Å². The third-order valence-electron chi connectivity index (χ3n) is 6.85. The molecule has 0 fully saturated rings. The number of nitrogens with zero attached hydrogens (tertiary/aromatic N) is 2. The van der Waals surface area contributed by atoms with E-state index >= 15 is 0 Å². The molecule has 0 radical (unpaired) electrons. The highest BCUT2D eigenvalue weighted by molar-refractivity contribution is 5.96. The Morgan fingerprint density at radius 3 is 2.31 bits per heavy atom. The molecule has 0 aliphatic carbocycles. The van der Waals surface area contributed by atoms with Gasteiger partial charge in [-0.15, -0.1) is 0 Å². The molecule has 0 saturated carbocycles. The van der Waals surface area contributed by atoms with Gasteiger partial charge in [0.1, 0.15) is 24.8 Å². The zero-order valence-electron chi connectivity index (χ0n) is 24.6. The molecule has 0 spiro atoms. The lowest BCUT2D eigenvalue weighted by atomic mass is 9.95. The van der Waals surface area contributed by atoms with E-state index in [-0.39, 0.29) is 35.1 Å². The van der Waals surface area contributed by atoms with Gasteiger partial charge in [0, 0.05) is 19.2 Å². The second kappa shape index (κ2) is 13.8. The Bertz CT molecular complexity index is 1640. The van der Waals surface area contributed by atoms with Gasteiger partial charge in [-0.05, 0) is 49.6 Å². The smallest absolute Gasteiger partial charge is 0.407 e. The van der Waals surface area contributed by atoms with Crippen LogP contribution in [-0.4, -0.2) is 46.8 Å². The van der Waals surface area contributed by atoms with Crippen molar-refractivity contribution in [3.63, 3.8) is 0 Å². The summed E-state index contributed by atoms with van der Waals surface area (Å²) in [6.07, 6.45) is -5.75. The first-order chi connectivity index (χ1) is 21.3. The zero-order chi connectivity index (χ0) is 32.8. The van der Waals surface area contributed by atoms with Crippen molar-refractivity contribution in [3.05, 3.63) is 94.8 Å². The van der Waals surface area contributed by atoms with Gasteiger partial charge in [-0.2, -0.15) is 18.2 Å². The van der Waals surface area contributed by atoms with Gasteiger partial charge in [0.15, 0.2) is 17.1 Å². The molecule has 45 heavy (non-hydrogen) atoms. The fraction of sp³-hybridized carbons (Fsp3) is 0.323. The fourth-order valence-corrected chi connectivity index (χ4v) is 4.48. The number of carbonyl (C=O) groups is 2. The second-order valence-corrected chi connectivity index (χ2v) is 10.6. The van der Waals surface area contributed by atoms with Gasteiger partial charge in [-0.3, -0.25) is 9.20 Å². The molecule has 4 rings (SSSR count). The van der Waals surface area contributed by atoms with Crippen molar-refractivity contribution in [2.24, 2.45) is 0 Å². The number of imidazole rings is 1. The summed E-state index contributed by atoms with van der Waals surface area (Å²) in [5, 5.41) is 5.01. The lowest BCUT2D eigenvalue weighted by Crippen LogP contribution is -2.54. The summed E-state index contributed by atoms with van der Waals surface area (Å²) in [5.74, 6) is -2.44. The first kappa shape index (κ1) is 33.0. The number of hydrogen-bond acceptors (Lipinski definition) is 6. The number of aromatic nitrogens is 2. The number of alkyl carbamates (subject to hydrolysis) is 1. The van der Waals surface area contributed by atoms with E-state index in [0.29, 0.717) is 11.1 Å². The van der Waals surface area contributed by atoms with Crippen molar-refractivity contribution in [1.82, 2.24) is 20.0 Å². The Kier molecular flexibility index (Phi) is 10.1. The van der Waals surface area contributed by atoms with Gasteiger partial charge in [0.2, 0.25) is 5.88 Å². The van der Waals surface area contributed by atoms with Crippen molar-refractivity contribution in [2.45, 2.75) is 51.6 Å². The Balaban J connectivity index is 1.54. The summed E-state index contributed by atoms with van der Waals surface area (Å²) >= 11 is 0. The zero-order valence-corrected chi connectivity index (χ0v) is 24.6. The number of benzene rings is 2. The topological polar surface area (TPSA) is 103 Å². The Morgan fingerprint density at radius 2 is 1.67 bits per heavy atom. The highest BCUT2D eigenvalue weighted by atomic mass is 19.4. The molecule has 1 atom stereocenters. The third kappa shape index (κ3) is 8.61. The minimum absolute atomic E-state index is 0.0850. The van der Waals surface area contributed by atoms with E-state index < -0.39 is 61.3 Å². The first-order valence-electron chi connectivity index (χ1n) is 13.7. The lowest BCUT2D eigenvalue weighted by Gasteiger charge is -2.31. The molecule has 1 unspecified atom stereocenters. The van der Waals surface area contributed by atoms with Gasteiger partial charge in [-0.1, -0.05) is 36.4 Å². The minimum atomic E-state index is -4.52. The van der Waals surface area contributed by atoms with Crippen LogP contribution in [0.1, 0.15) is 46.9 Å². The largest absolute Gasteiger partial charge is 0.485 e. The van der Waals surface area contributed by atoms with E-state index in [0.717, 1.165) is 12.1 Å². The van der Waals surface area contributed by atoms with Crippen LogP contribution in [0.15, 0.2) is 60.8 Å². The molecular formula is C31H31F5N4O5. The molecule has 2 heterocycles. The van der Waals surface area contributed by atoms with Crippen LogP contribution < -0.4 is 20.1 Å². The summed E-state index contributed by atoms with van der Waals surface area (Å²) in [5.41, 5.74) is -0.652. The maximum absolute atomic E-state index is 14.2. The molecule has 240 valence electrons. The second-order valence-electron chi connectivity index (χ2n) is 10.6. The van der Waals surface area contributed by atoms with Gasteiger partial charge in [0.05, 0.1) is 18.2 Å². The molecule has 2 N–H and O–H groups in total. The van der Waals surface area contributed by atoms with Gasteiger partial charge >= 0.3 is 12.3 Å². The van der Waals surface area contributed by atoms with Crippen LogP contribution in [0.3, 0.4) is 0 Å². The summed E-state index contributed by atoms with van der Waals surface area (Å²) in [4.78, 5) is 30.3. The predicted octanol–water partition coefficient (Wildman–Crippen LogP) is 6.27. The average Bonchev–Trinajstić information content (AvgIpc) is 3.36. The molecule has 9 nitrogen and oxygen atoms in total. The molecule has 0 aliphatic rings. The first-order valence-corrected chi connectivity index (χ1v) is 13.7. The van der Waals surface area contributed by atoms with Crippen molar-refractivity contribution >= 4 is 17.6 Å². The fourth-order valence-electron chi connectivity index (χ4n) is 4.48. The van der Waals surface area contributed by atoms with E-state index in [2.05, 4.69) is 15.6 Å². The monoisotopic (exact) mass is 634 g/mol. The van der Waals surface area contributed by atoms with Gasteiger partial charge in [-0.25, -0.2) is 13.6 Å². The van der Waals surface area contributed by atoms with Crippen LogP contribution in [0.2, 0.25) is 0 Å². The summed E-state index contributed by atoms with van der Waals surface area (Å²) in [6.45, 7) is 2.04. The lowest BCUT2D eigenvalue weighted by molar-refractivity contribution is -0.138. The van der Waals surface area contributed by atoms with Crippen molar-refractivity contribution < 1.29 is 45.8 Å². The molecule has 2 amide bonds. The van der Waals surface area contributed by atoms with Crippen molar-refractivity contribution in [1.29, 1.82) is 0 Å². The molecule has 0 bridgehead atoms. The number of halogens is 5. The normalized spacial score (nSPS) is 12.8. The quantitative estimate of drug-likeness (QED) is 0.178. The van der Waals surface area contributed by atoms with Crippen LogP contribution in [0.4, 0.5) is 26.7 Å². The van der Waals surface area contributed by atoms with Gasteiger partial charge < -0.3 is 24.8 Å². The van der Waals surface area contributed by atoms with Gasteiger partial charge in [0.25, 0.3) is 5.91 Å². The van der Waals surface area contributed by atoms with E-state index in [1.807, 2.05) is 0 Å². The molecule has 2 aromatic carbocycles. The Morgan fingerprint density at radius 1 is 0.978 bits per heavy atom. The molecular weight excluding hydrogens is 603 g/mol. The molecule has 4 aromatic rings. The highest BCUT2D eigenvalue weighted by Gasteiger charge is 2.36. The van der Waals surface area contributed by atoms with E-state index in [1.54, 1.807) is 49.5 Å². The number of carbonyl (C=O) groups excluding carboxylic acids is 2. The summed E-state index contributed by atoms with van der Waals surface area (Å²) in [6, 6.07) is 13.7. The predicted molar refractivity (Wildman–Crippen MR) is 153 cm³/mol. The number of nitrogens with one attached hydrogen (secondary N) is 2. The van der Waals surface area contributed by atoms with E-state index in [1.165, 1.54) is 24.5 Å². The van der Waals surface area contributed by atoms with E-state index in [4.69, 9.17) is 14.2 Å². The van der Waals surface area contributed by atoms with Crippen LogP contribution in [0.25, 0.3) is 5.65 Å². The number of pyridine rings is 1. The molecule has 0 saturated heterocycles. The summed E-state index contributed by atoms with van der Waals surface area (Å²) in [7, 11) is 1.26. The standard InChI is InChI=1S/C31H31F5N4O5/c1-19-14-24(44-17-21-22(32)10-7-11-23(21)33)26-38-28(43-3)25(40(26)15-19)27(41)37-18-30(2,12-13-31(34,35)36)39-29(42)45-16-20-8-5-4-6-9-20/h4-11,14-15H,12-13,16-18H2,1-3H3,(H,37,41)(H,39,42). The number of alkyl halides is 3. The molecule has 2 aromatic heterocycles. The minimum Gasteiger partial charge on any atom is -0.485 e. The SMILES string of the molecule is COc1nc2c(OCc3c(F)cccc3F)cc(C)cn2c1C(=O)NCC(C)(CCC(F)(F)F)NC(=O)OCc1ccccc1. The van der Waals surface area contributed by atoms with Crippen LogP contribution >= 0.6 is 0 Å². The molecule has 0 aliphatic heterocycles. The number of fused-ring (bicyclic) bond motifs is 1. The number of amides is 2. The number of ether oxygens (including phenoxy) is 3. The number of rotatable bonds is 12. The number of aryl methyl sites for hydroxylation is 1. The maximum Gasteiger partial charge on any atom is 0.407 e. The maximum atomic E-state index is 14.2. The van der Waals surface area contributed by atoms with E-state index in [9.17, 15) is 31.5 Å².